The zero-order valence-electron chi connectivity index (χ0n) is 11.0. The lowest BCUT2D eigenvalue weighted by atomic mass is 10.0. The summed E-state index contributed by atoms with van der Waals surface area (Å²) >= 11 is 0. The van der Waals surface area contributed by atoms with Crippen LogP contribution in [-0.4, -0.2) is 12.8 Å². The Balaban J connectivity index is 2.50. The highest BCUT2D eigenvalue weighted by molar-refractivity contribution is 5.18. The summed E-state index contributed by atoms with van der Waals surface area (Å²) in [5.74, 6) is 0. The van der Waals surface area contributed by atoms with Crippen molar-refractivity contribution < 1.29 is 18.0 Å². The van der Waals surface area contributed by atoms with Gasteiger partial charge < -0.3 is 0 Å². The van der Waals surface area contributed by atoms with Gasteiger partial charge in [-0.3, -0.25) is 4.84 Å². The highest BCUT2D eigenvalue weighted by Crippen LogP contribution is 2.21. The first kappa shape index (κ1) is 16.0. The summed E-state index contributed by atoms with van der Waals surface area (Å²) in [5, 5.41) is 0. The lowest BCUT2D eigenvalue weighted by molar-refractivity contribution is -0.193. The van der Waals surface area contributed by atoms with Crippen molar-refractivity contribution in [3.63, 3.8) is 0 Å². The highest BCUT2D eigenvalue weighted by Gasteiger charge is 2.28. The maximum absolute atomic E-state index is 12.1. The quantitative estimate of drug-likeness (QED) is 0.561. The number of halogens is 3. The van der Waals surface area contributed by atoms with Gasteiger partial charge in [0.25, 0.3) is 0 Å². The fourth-order valence-electron chi connectivity index (χ4n) is 1.80. The summed E-state index contributed by atoms with van der Waals surface area (Å²) in [7, 11) is 0. The molecule has 1 aromatic carbocycles. The number of benzene rings is 1. The number of unbranched alkanes of at least 4 members (excludes halogenated alkanes) is 2. The Morgan fingerprint density at radius 2 is 1.84 bits per heavy atom. The molecule has 1 N–H and O–H groups in total. The molecule has 5 heteroatoms. The van der Waals surface area contributed by atoms with Gasteiger partial charge in [0.1, 0.15) is 0 Å². The number of hydroxylamine groups is 1. The van der Waals surface area contributed by atoms with Gasteiger partial charge in [-0.25, -0.2) is 0 Å². The number of hydrogen-bond acceptors (Lipinski definition) is 2. The maximum Gasteiger partial charge on any atom is 0.413 e. The first-order valence-electron chi connectivity index (χ1n) is 6.52. The zero-order chi connectivity index (χ0) is 14.1. The van der Waals surface area contributed by atoms with Crippen molar-refractivity contribution in [1.29, 1.82) is 0 Å². The van der Waals surface area contributed by atoms with E-state index in [0.29, 0.717) is 0 Å². The minimum Gasteiger partial charge on any atom is -0.292 e. The minimum absolute atomic E-state index is 0.199. The van der Waals surface area contributed by atoms with E-state index in [-0.39, 0.29) is 6.04 Å². The molecule has 108 valence electrons. The van der Waals surface area contributed by atoms with Crippen LogP contribution in [0.3, 0.4) is 0 Å². The van der Waals surface area contributed by atoms with Gasteiger partial charge in [-0.05, 0) is 12.0 Å². The third-order valence-corrected chi connectivity index (χ3v) is 2.76. The van der Waals surface area contributed by atoms with Crippen molar-refractivity contribution in [3.05, 3.63) is 35.9 Å². The lowest BCUT2D eigenvalue weighted by Gasteiger charge is -2.19. The Morgan fingerprint density at radius 1 is 1.16 bits per heavy atom. The Bertz CT molecular complexity index is 340. The van der Waals surface area contributed by atoms with E-state index in [0.717, 1.165) is 31.2 Å². The van der Waals surface area contributed by atoms with Crippen molar-refractivity contribution in [2.75, 3.05) is 6.61 Å². The lowest BCUT2D eigenvalue weighted by Crippen LogP contribution is -2.28. The molecular weight excluding hydrogens is 255 g/mol. The molecule has 2 nitrogen and oxygen atoms in total. The van der Waals surface area contributed by atoms with Crippen molar-refractivity contribution in [1.82, 2.24) is 5.48 Å². The van der Waals surface area contributed by atoms with Gasteiger partial charge in [-0.1, -0.05) is 56.5 Å². The fourth-order valence-corrected chi connectivity index (χ4v) is 1.80. The summed E-state index contributed by atoms with van der Waals surface area (Å²) in [6.07, 6.45) is -0.457. The van der Waals surface area contributed by atoms with E-state index in [2.05, 4.69) is 17.2 Å². The van der Waals surface area contributed by atoms with Crippen LogP contribution in [0.15, 0.2) is 30.3 Å². The molecule has 0 aliphatic carbocycles. The molecule has 0 saturated heterocycles. The largest absolute Gasteiger partial charge is 0.413 e. The van der Waals surface area contributed by atoms with Crippen LogP contribution in [0.5, 0.6) is 0 Å². The van der Waals surface area contributed by atoms with Gasteiger partial charge in [0.05, 0.1) is 6.04 Å². The number of nitrogens with one attached hydrogen (secondary N) is 1. The van der Waals surface area contributed by atoms with E-state index >= 15 is 0 Å². The molecule has 0 spiro atoms. The highest BCUT2D eigenvalue weighted by atomic mass is 19.4. The van der Waals surface area contributed by atoms with Crippen LogP contribution in [0.25, 0.3) is 0 Å². The maximum atomic E-state index is 12.1. The van der Waals surface area contributed by atoms with Gasteiger partial charge in [-0.15, -0.1) is 0 Å². The number of rotatable bonds is 8. The van der Waals surface area contributed by atoms with Crippen LogP contribution in [-0.2, 0) is 4.84 Å². The van der Waals surface area contributed by atoms with Crippen LogP contribution in [0.2, 0.25) is 0 Å². The summed E-state index contributed by atoms with van der Waals surface area (Å²) in [6, 6.07) is 9.20. The SMILES string of the molecule is CCCCCC(NOCC(F)(F)F)c1ccccc1. The Morgan fingerprint density at radius 3 is 2.42 bits per heavy atom. The van der Waals surface area contributed by atoms with Crippen molar-refractivity contribution in [2.24, 2.45) is 0 Å². The molecule has 1 atom stereocenters. The second kappa shape index (κ2) is 8.17. The van der Waals surface area contributed by atoms with Gasteiger partial charge in [0, 0.05) is 0 Å². The standard InChI is InChI=1S/C14H20F3NO/c1-2-3-5-10-13(12-8-6-4-7-9-12)18-19-11-14(15,16)17/h4,6-9,13,18H,2-3,5,10-11H2,1H3. The smallest absolute Gasteiger partial charge is 0.292 e. The topological polar surface area (TPSA) is 21.3 Å². The van der Waals surface area contributed by atoms with Crippen LogP contribution in [0.1, 0.15) is 44.2 Å². The molecule has 1 rings (SSSR count). The molecule has 0 aromatic heterocycles. The fraction of sp³-hybridized carbons (Fsp3) is 0.571. The van der Waals surface area contributed by atoms with Crippen LogP contribution >= 0.6 is 0 Å². The average Bonchev–Trinajstić information content (AvgIpc) is 2.37. The Kier molecular flexibility index (Phi) is 6.87. The molecule has 1 unspecified atom stereocenters. The van der Waals surface area contributed by atoms with E-state index < -0.39 is 12.8 Å². The first-order valence-corrected chi connectivity index (χ1v) is 6.52. The van der Waals surface area contributed by atoms with E-state index in [1.165, 1.54) is 0 Å². The predicted octanol–water partition coefficient (Wildman–Crippen LogP) is 4.39. The van der Waals surface area contributed by atoms with Gasteiger partial charge >= 0.3 is 6.18 Å². The summed E-state index contributed by atoms with van der Waals surface area (Å²) in [5.41, 5.74) is 3.48. The molecule has 0 radical (unpaired) electrons. The molecule has 0 fully saturated rings. The van der Waals surface area contributed by atoms with Crippen molar-refractivity contribution >= 4 is 0 Å². The Hall–Kier alpha value is -1.07. The van der Waals surface area contributed by atoms with E-state index in [1.54, 1.807) is 0 Å². The molecule has 1 aromatic rings. The van der Waals surface area contributed by atoms with Crippen molar-refractivity contribution in [3.8, 4) is 0 Å². The van der Waals surface area contributed by atoms with E-state index in [9.17, 15) is 13.2 Å². The third kappa shape index (κ3) is 7.18. The normalized spacial score (nSPS) is 13.5. The van der Waals surface area contributed by atoms with E-state index in [1.807, 2.05) is 30.3 Å². The van der Waals surface area contributed by atoms with Gasteiger partial charge in [-0.2, -0.15) is 18.7 Å². The zero-order valence-corrected chi connectivity index (χ0v) is 11.0. The average molecular weight is 275 g/mol. The molecule has 0 saturated carbocycles. The van der Waals surface area contributed by atoms with Gasteiger partial charge in [0.2, 0.25) is 0 Å². The minimum atomic E-state index is -4.31. The molecule has 0 heterocycles. The monoisotopic (exact) mass is 275 g/mol. The molecule has 0 bridgehead atoms. The Labute approximate surface area is 111 Å². The van der Waals surface area contributed by atoms with Crippen LogP contribution in [0.4, 0.5) is 13.2 Å². The summed E-state index contributed by atoms with van der Waals surface area (Å²) in [4.78, 5) is 4.57. The third-order valence-electron chi connectivity index (χ3n) is 2.76. The molecule has 0 aliphatic heterocycles. The molecular formula is C14H20F3NO. The summed E-state index contributed by atoms with van der Waals surface area (Å²) < 4.78 is 36.2. The predicted molar refractivity (Wildman–Crippen MR) is 68.5 cm³/mol. The number of hydrogen-bond donors (Lipinski definition) is 1. The molecule has 19 heavy (non-hydrogen) atoms. The molecule has 0 amide bonds. The molecule has 0 aliphatic rings. The van der Waals surface area contributed by atoms with Crippen LogP contribution < -0.4 is 5.48 Å². The van der Waals surface area contributed by atoms with Gasteiger partial charge in [0.15, 0.2) is 6.61 Å². The van der Waals surface area contributed by atoms with E-state index in [4.69, 9.17) is 0 Å². The number of alkyl halides is 3. The summed E-state index contributed by atoms with van der Waals surface area (Å²) in [6.45, 7) is 0.815. The van der Waals surface area contributed by atoms with Crippen molar-refractivity contribution in [2.45, 2.75) is 44.8 Å². The van der Waals surface area contributed by atoms with Crippen LogP contribution in [0, 0.1) is 0 Å². The second-order valence-corrected chi connectivity index (χ2v) is 4.48. The second-order valence-electron chi connectivity index (χ2n) is 4.48. The first-order chi connectivity index (χ1) is 9.03.